The molecule has 0 saturated carbocycles. The van der Waals surface area contributed by atoms with Gasteiger partial charge in [-0.1, -0.05) is 15.9 Å². The Balaban J connectivity index is 1.49. The van der Waals surface area contributed by atoms with Crippen LogP contribution >= 0.6 is 15.9 Å². The molecule has 0 N–H and O–H groups in total. The molecule has 0 radical (unpaired) electrons. The first-order valence-corrected chi connectivity index (χ1v) is 8.80. The van der Waals surface area contributed by atoms with Crippen molar-refractivity contribution in [3.63, 3.8) is 0 Å². The zero-order valence-electron chi connectivity index (χ0n) is 13.1. The molecule has 1 atom stereocenters. The molecular weight excluding hydrogens is 372 g/mol. The Hall–Kier alpha value is -2.15. The van der Waals surface area contributed by atoms with E-state index in [1.54, 1.807) is 17.1 Å². The minimum Gasteiger partial charge on any atom is -0.336 e. The number of carbonyl (C=O) groups is 2. The van der Waals surface area contributed by atoms with Gasteiger partial charge in [-0.2, -0.15) is 5.10 Å². The third-order valence-corrected chi connectivity index (χ3v) is 5.23. The molecule has 3 heterocycles. The summed E-state index contributed by atoms with van der Waals surface area (Å²) >= 11 is 3.41. The van der Waals surface area contributed by atoms with Gasteiger partial charge in [0, 0.05) is 42.8 Å². The largest absolute Gasteiger partial charge is 0.336 e. The number of aromatic nitrogens is 2. The van der Waals surface area contributed by atoms with Crippen molar-refractivity contribution in [2.24, 2.45) is 0 Å². The van der Waals surface area contributed by atoms with Gasteiger partial charge in [0.1, 0.15) is 0 Å². The first-order chi connectivity index (χ1) is 11.6. The number of carbonyl (C=O) groups excluding carboxylic acids is 2. The molecule has 2 aliphatic rings. The van der Waals surface area contributed by atoms with Crippen molar-refractivity contribution in [3.05, 3.63) is 46.7 Å². The molecule has 2 aromatic rings. The van der Waals surface area contributed by atoms with E-state index in [1.807, 2.05) is 34.1 Å². The van der Waals surface area contributed by atoms with E-state index < -0.39 is 0 Å². The van der Waals surface area contributed by atoms with Gasteiger partial charge in [-0.15, -0.1) is 0 Å². The minimum atomic E-state index is -0.0163. The van der Waals surface area contributed by atoms with Crippen molar-refractivity contribution in [2.75, 3.05) is 19.6 Å². The van der Waals surface area contributed by atoms with Crippen molar-refractivity contribution >= 4 is 27.7 Å². The summed E-state index contributed by atoms with van der Waals surface area (Å²) in [5.74, 6) is 0.201. The molecule has 2 fully saturated rings. The maximum absolute atomic E-state index is 12.7. The van der Waals surface area contributed by atoms with Crippen LogP contribution < -0.4 is 0 Å². The summed E-state index contributed by atoms with van der Waals surface area (Å²) in [6.07, 6.45) is 4.82. The van der Waals surface area contributed by atoms with E-state index in [-0.39, 0.29) is 17.9 Å². The molecule has 2 amide bonds. The van der Waals surface area contributed by atoms with E-state index in [2.05, 4.69) is 21.0 Å². The van der Waals surface area contributed by atoms with Gasteiger partial charge < -0.3 is 9.80 Å². The summed E-state index contributed by atoms with van der Waals surface area (Å²) in [4.78, 5) is 28.2. The maximum Gasteiger partial charge on any atom is 0.257 e. The van der Waals surface area contributed by atoms with E-state index in [4.69, 9.17) is 0 Å². The molecule has 0 aliphatic carbocycles. The number of nitrogens with zero attached hydrogens (tertiary/aromatic N) is 4. The van der Waals surface area contributed by atoms with Crippen LogP contribution in [0.4, 0.5) is 0 Å². The van der Waals surface area contributed by atoms with Gasteiger partial charge in [0.2, 0.25) is 5.91 Å². The first-order valence-electron chi connectivity index (χ1n) is 8.01. The summed E-state index contributed by atoms with van der Waals surface area (Å²) < 4.78 is 2.70. The van der Waals surface area contributed by atoms with E-state index >= 15 is 0 Å². The van der Waals surface area contributed by atoms with Gasteiger partial charge in [0.25, 0.3) is 5.91 Å². The van der Waals surface area contributed by atoms with Crippen LogP contribution in [0, 0.1) is 0 Å². The Labute approximate surface area is 148 Å². The molecule has 4 rings (SSSR count). The predicted octanol–water partition coefficient (Wildman–Crippen LogP) is 2.08. The van der Waals surface area contributed by atoms with Crippen molar-refractivity contribution in [3.8, 4) is 5.69 Å². The van der Waals surface area contributed by atoms with E-state index in [1.165, 1.54) is 0 Å². The van der Waals surface area contributed by atoms with Crippen LogP contribution in [-0.2, 0) is 4.79 Å². The fourth-order valence-corrected chi connectivity index (χ4v) is 3.66. The third-order valence-electron chi connectivity index (χ3n) is 4.70. The average Bonchev–Trinajstić information content (AvgIpc) is 3.22. The lowest BCUT2D eigenvalue weighted by atomic mass is 10.1. The quantitative estimate of drug-likeness (QED) is 0.791. The second-order valence-corrected chi connectivity index (χ2v) is 7.10. The van der Waals surface area contributed by atoms with Crippen molar-refractivity contribution < 1.29 is 9.59 Å². The molecule has 1 unspecified atom stereocenters. The first kappa shape index (κ1) is 15.4. The Morgan fingerprint density at radius 2 is 2.00 bits per heavy atom. The van der Waals surface area contributed by atoms with Crippen molar-refractivity contribution in [1.29, 1.82) is 0 Å². The van der Waals surface area contributed by atoms with Crippen LogP contribution in [0.1, 0.15) is 23.2 Å². The summed E-state index contributed by atoms with van der Waals surface area (Å²) in [7, 11) is 0. The van der Waals surface area contributed by atoms with Gasteiger partial charge in [0.05, 0.1) is 17.4 Å². The second-order valence-electron chi connectivity index (χ2n) is 6.18. The maximum atomic E-state index is 12.7. The number of fused-ring (bicyclic) bond motifs is 1. The topological polar surface area (TPSA) is 58.4 Å². The molecule has 1 aromatic heterocycles. The van der Waals surface area contributed by atoms with Gasteiger partial charge in [0.15, 0.2) is 0 Å². The number of rotatable bonds is 2. The molecule has 6 nitrogen and oxygen atoms in total. The van der Waals surface area contributed by atoms with Crippen LogP contribution in [0.3, 0.4) is 0 Å². The molecule has 1 aromatic carbocycles. The lowest BCUT2D eigenvalue weighted by Gasteiger charge is -2.37. The van der Waals surface area contributed by atoms with Gasteiger partial charge in [-0.05, 0) is 30.7 Å². The van der Waals surface area contributed by atoms with Crippen LogP contribution in [-0.4, -0.2) is 57.1 Å². The molecule has 24 heavy (non-hydrogen) atoms. The SMILES string of the molecule is O=C(c1cnn(-c2ccc(Br)cc2)c1)N1CCN2C(=O)CCC2C1. The van der Waals surface area contributed by atoms with E-state index in [9.17, 15) is 9.59 Å². The van der Waals surface area contributed by atoms with Crippen molar-refractivity contribution in [2.45, 2.75) is 18.9 Å². The molecule has 0 spiro atoms. The highest BCUT2D eigenvalue weighted by Gasteiger charge is 2.37. The highest BCUT2D eigenvalue weighted by molar-refractivity contribution is 9.10. The lowest BCUT2D eigenvalue weighted by Crippen LogP contribution is -2.53. The highest BCUT2D eigenvalue weighted by Crippen LogP contribution is 2.24. The van der Waals surface area contributed by atoms with Crippen LogP contribution in [0.25, 0.3) is 5.69 Å². The molecule has 2 saturated heterocycles. The zero-order valence-corrected chi connectivity index (χ0v) is 14.6. The predicted molar refractivity (Wildman–Crippen MR) is 91.9 cm³/mol. The normalized spacial score (nSPS) is 20.4. The van der Waals surface area contributed by atoms with E-state index in [0.717, 1.165) is 16.6 Å². The highest BCUT2D eigenvalue weighted by atomic mass is 79.9. The number of hydrogen-bond acceptors (Lipinski definition) is 3. The Kier molecular flexibility index (Phi) is 3.88. The molecule has 0 bridgehead atoms. The number of benzene rings is 1. The Morgan fingerprint density at radius 3 is 2.79 bits per heavy atom. The zero-order chi connectivity index (χ0) is 16.7. The lowest BCUT2D eigenvalue weighted by molar-refractivity contribution is -0.130. The monoisotopic (exact) mass is 388 g/mol. The summed E-state index contributed by atoms with van der Waals surface area (Å²) in [6, 6.07) is 7.93. The molecular formula is C17H17BrN4O2. The number of piperazine rings is 1. The third kappa shape index (κ3) is 2.73. The fraction of sp³-hybridized carbons (Fsp3) is 0.353. The van der Waals surface area contributed by atoms with Crippen LogP contribution in [0.2, 0.25) is 0 Å². The van der Waals surface area contributed by atoms with Gasteiger partial charge in [-0.25, -0.2) is 4.68 Å². The fourth-order valence-electron chi connectivity index (χ4n) is 3.40. The Bertz CT molecular complexity index is 786. The van der Waals surface area contributed by atoms with Crippen LogP contribution in [0.5, 0.6) is 0 Å². The number of hydrogen-bond donors (Lipinski definition) is 0. The van der Waals surface area contributed by atoms with Gasteiger partial charge >= 0.3 is 0 Å². The standard InChI is InChI=1S/C17H17BrN4O2/c18-13-1-3-14(4-2-13)22-10-12(9-19-22)17(24)20-7-8-21-15(11-20)5-6-16(21)23/h1-4,9-10,15H,5-8,11H2. The van der Waals surface area contributed by atoms with Crippen molar-refractivity contribution in [1.82, 2.24) is 19.6 Å². The molecule has 2 aliphatic heterocycles. The van der Waals surface area contributed by atoms with Crippen LogP contribution in [0.15, 0.2) is 41.1 Å². The molecule has 124 valence electrons. The minimum absolute atomic E-state index is 0.0163. The summed E-state index contributed by atoms with van der Waals surface area (Å²) in [5, 5.41) is 4.30. The number of halogens is 1. The van der Waals surface area contributed by atoms with E-state index in [0.29, 0.717) is 31.6 Å². The average molecular weight is 389 g/mol. The molecule has 7 heteroatoms. The summed E-state index contributed by atoms with van der Waals surface area (Å²) in [6.45, 7) is 1.84. The Morgan fingerprint density at radius 1 is 1.21 bits per heavy atom. The second kappa shape index (κ2) is 6.05. The van der Waals surface area contributed by atoms with Gasteiger partial charge in [-0.3, -0.25) is 9.59 Å². The summed E-state index contributed by atoms with van der Waals surface area (Å²) in [5.41, 5.74) is 1.49. The smallest absolute Gasteiger partial charge is 0.257 e. The number of amides is 2.